The highest BCUT2D eigenvalue weighted by Gasteiger charge is 2.05. The first-order valence-electron chi connectivity index (χ1n) is 9.54. The molecule has 3 rings (SSSR count). The summed E-state index contributed by atoms with van der Waals surface area (Å²) in [6.07, 6.45) is 4.93. The summed E-state index contributed by atoms with van der Waals surface area (Å²) in [6, 6.07) is 19.4. The Morgan fingerprint density at radius 2 is 1.64 bits per heavy atom. The van der Waals surface area contributed by atoms with Gasteiger partial charge in [-0.1, -0.05) is 92.0 Å². The second-order valence-corrected chi connectivity index (χ2v) is 5.43. The van der Waals surface area contributed by atoms with E-state index in [9.17, 15) is 0 Å². The fourth-order valence-electron chi connectivity index (χ4n) is 2.56. The molecule has 0 bridgehead atoms. The van der Waals surface area contributed by atoms with Crippen molar-refractivity contribution in [3.63, 3.8) is 0 Å². The number of para-hydroxylation sites is 1. The van der Waals surface area contributed by atoms with Crippen LogP contribution in [0.25, 0.3) is 16.7 Å². The molecular formula is C24H21N. The maximum Gasteiger partial charge on any atom is 0.0645 e. The van der Waals surface area contributed by atoms with E-state index in [0.717, 1.165) is 16.8 Å². The van der Waals surface area contributed by atoms with Crippen LogP contribution in [0.3, 0.4) is 0 Å². The summed E-state index contributed by atoms with van der Waals surface area (Å²) in [6.45, 7) is 7.42. The fourth-order valence-corrected chi connectivity index (χ4v) is 2.56. The van der Waals surface area contributed by atoms with Crippen LogP contribution in [0.5, 0.6) is 0 Å². The van der Waals surface area contributed by atoms with Gasteiger partial charge in [-0.2, -0.15) is 0 Å². The highest BCUT2D eigenvalue weighted by molar-refractivity contribution is 5.81. The zero-order chi connectivity index (χ0) is 20.1. The van der Waals surface area contributed by atoms with E-state index in [1.165, 1.54) is 0 Å². The monoisotopic (exact) mass is 326 g/mol. The van der Waals surface area contributed by atoms with Crippen molar-refractivity contribution in [3.8, 4) is 11.1 Å². The molecule has 0 aromatic heterocycles. The molecule has 0 atom stereocenters. The predicted octanol–water partition coefficient (Wildman–Crippen LogP) is 6.85. The molecule has 0 saturated heterocycles. The lowest BCUT2D eigenvalue weighted by Crippen LogP contribution is -1.93. The van der Waals surface area contributed by atoms with Gasteiger partial charge in [-0.3, -0.25) is 0 Å². The van der Waals surface area contributed by atoms with Gasteiger partial charge in [0.05, 0.1) is 4.11 Å². The van der Waals surface area contributed by atoms with Gasteiger partial charge in [-0.15, -0.1) is 0 Å². The van der Waals surface area contributed by atoms with Gasteiger partial charge in [-0.25, -0.2) is 0 Å². The average Bonchev–Trinajstić information content (AvgIpc) is 2.73. The SMILES string of the molecule is [2H]c1cc(/C(C=C)=C/C=C)c([2H])c([2H])c1Nc1ccccc1-c1ccccc1. The number of anilines is 2. The highest BCUT2D eigenvalue weighted by Crippen LogP contribution is 2.30. The second kappa shape index (κ2) is 7.98. The number of hydrogen-bond acceptors (Lipinski definition) is 1. The van der Waals surface area contributed by atoms with Crippen LogP contribution in [0.1, 0.15) is 9.68 Å². The third-order valence-electron chi connectivity index (χ3n) is 3.78. The van der Waals surface area contributed by atoms with Crippen LogP contribution in [0.15, 0.2) is 110 Å². The predicted molar refractivity (Wildman–Crippen MR) is 110 cm³/mol. The van der Waals surface area contributed by atoms with Crippen molar-refractivity contribution in [2.24, 2.45) is 0 Å². The van der Waals surface area contributed by atoms with E-state index in [0.29, 0.717) is 16.8 Å². The fraction of sp³-hybridized carbons (Fsp3) is 0. The molecular weight excluding hydrogens is 302 g/mol. The van der Waals surface area contributed by atoms with Crippen molar-refractivity contribution in [2.75, 3.05) is 5.32 Å². The minimum atomic E-state index is -0.0258. The summed E-state index contributed by atoms with van der Waals surface area (Å²) in [7, 11) is 0. The lowest BCUT2D eigenvalue weighted by molar-refractivity contribution is 1.52. The Kier molecular flexibility index (Phi) is 4.16. The van der Waals surface area contributed by atoms with Crippen LogP contribution >= 0.6 is 0 Å². The van der Waals surface area contributed by atoms with E-state index in [-0.39, 0.29) is 18.1 Å². The van der Waals surface area contributed by atoms with E-state index in [1.54, 1.807) is 24.3 Å². The van der Waals surface area contributed by atoms with Gasteiger partial charge in [0, 0.05) is 16.9 Å². The number of allylic oxidation sites excluding steroid dienone is 4. The molecule has 0 fully saturated rings. The van der Waals surface area contributed by atoms with Crippen LogP contribution in [0.2, 0.25) is 0 Å². The minimum absolute atomic E-state index is 0.0258. The Bertz CT molecular complexity index is 1050. The lowest BCUT2D eigenvalue weighted by atomic mass is 10.0. The largest absolute Gasteiger partial charge is 0.355 e. The van der Waals surface area contributed by atoms with Gasteiger partial charge in [0.1, 0.15) is 0 Å². The molecule has 1 nitrogen and oxygen atoms in total. The van der Waals surface area contributed by atoms with Crippen molar-refractivity contribution in [3.05, 3.63) is 116 Å². The van der Waals surface area contributed by atoms with Gasteiger partial charge in [0.25, 0.3) is 0 Å². The van der Waals surface area contributed by atoms with E-state index in [2.05, 4.69) is 18.5 Å². The zero-order valence-electron chi connectivity index (χ0n) is 16.9. The first-order chi connectivity index (χ1) is 13.6. The van der Waals surface area contributed by atoms with Crippen molar-refractivity contribution < 1.29 is 4.11 Å². The van der Waals surface area contributed by atoms with E-state index >= 15 is 0 Å². The Morgan fingerprint density at radius 1 is 0.880 bits per heavy atom. The summed E-state index contributed by atoms with van der Waals surface area (Å²) in [4.78, 5) is 0. The molecule has 0 saturated carbocycles. The molecule has 0 heterocycles. The topological polar surface area (TPSA) is 12.0 Å². The molecule has 0 amide bonds. The van der Waals surface area contributed by atoms with Gasteiger partial charge in [0.15, 0.2) is 0 Å². The van der Waals surface area contributed by atoms with Crippen molar-refractivity contribution in [1.29, 1.82) is 0 Å². The van der Waals surface area contributed by atoms with Crippen LogP contribution < -0.4 is 5.32 Å². The van der Waals surface area contributed by atoms with Crippen molar-refractivity contribution in [1.82, 2.24) is 0 Å². The molecule has 0 spiro atoms. The first-order valence-corrected chi connectivity index (χ1v) is 8.04. The van der Waals surface area contributed by atoms with Crippen LogP contribution in [-0.2, 0) is 0 Å². The lowest BCUT2D eigenvalue weighted by Gasteiger charge is -2.13. The van der Waals surface area contributed by atoms with Crippen LogP contribution in [-0.4, -0.2) is 0 Å². The minimum Gasteiger partial charge on any atom is -0.355 e. The summed E-state index contributed by atoms with van der Waals surface area (Å²) >= 11 is 0. The van der Waals surface area contributed by atoms with Gasteiger partial charge >= 0.3 is 0 Å². The number of benzene rings is 3. The van der Waals surface area contributed by atoms with E-state index in [1.807, 2.05) is 54.6 Å². The summed E-state index contributed by atoms with van der Waals surface area (Å²) in [5, 5.41) is 3.20. The molecule has 0 radical (unpaired) electrons. The molecule has 0 unspecified atom stereocenters. The smallest absolute Gasteiger partial charge is 0.0645 e. The molecule has 3 aromatic carbocycles. The van der Waals surface area contributed by atoms with E-state index in [4.69, 9.17) is 4.11 Å². The first kappa shape index (κ1) is 13.0. The molecule has 1 N–H and O–H groups in total. The van der Waals surface area contributed by atoms with Crippen molar-refractivity contribution >= 4 is 16.9 Å². The molecule has 25 heavy (non-hydrogen) atoms. The van der Waals surface area contributed by atoms with Crippen LogP contribution in [0.4, 0.5) is 11.4 Å². The highest BCUT2D eigenvalue weighted by atomic mass is 14.9. The average molecular weight is 326 g/mol. The Balaban J connectivity index is 2.08. The molecule has 0 aliphatic heterocycles. The quantitative estimate of drug-likeness (QED) is 0.488. The van der Waals surface area contributed by atoms with Crippen LogP contribution in [0, 0.1) is 0 Å². The summed E-state index contributed by atoms with van der Waals surface area (Å²) in [5.41, 5.74) is 4.25. The Morgan fingerprint density at radius 3 is 2.40 bits per heavy atom. The number of hydrogen-bond donors (Lipinski definition) is 1. The Labute approximate surface area is 153 Å². The van der Waals surface area contributed by atoms with Gasteiger partial charge < -0.3 is 5.32 Å². The molecule has 0 aliphatic rings. The zero-order valence-corrected chi connectivity index (χ0v) is 13.9. The van der Waals surface area contributed by atoms with Gasteiger partial charge in [-0.05, 0) is 34.9 Å². The van der Waals surface area contributed by atoms with Crippen molar-refractivity contribution in [2.45, 2.75) is 0 Å². The standard InChI is InChI=1S/C24H21N/c1-3-10-19(4-2)20-15-17-22(18-16-20)25-24-14-9-8-13-23(24)21-11-6-5-7-12-21/h3-18,25H,1-2H2/b19-10+/i15D,17D,18D. The maximum absolute atomic E-state index is 8.44. The third-order valence-corrected chi connectivity index (χ3v) is 3.78. The summed E-state index contributed by atoms with van der Waals surface area (Å²) < 4.78 is 25.3. The Hall–Kier alpha value is -3.32. The van der Waals surface area contributed by atoms with E-state index < -0.39 is 0 Å². The number of rotatable bonds is 6. The maximum atomic E-state index is 8.44. The normalized spacial score (nSPS) is 12.6. The molecule has 0 aliphatic carbocycles. The molecule has 3 aromatic rings. The van der Waals surface area contributed by atoms with Gasteiger partial charge in [0.2, 0.25) is 0 Å². The molecule has 1 heteroatoms. The summed E-state index contributed by atoms with van der Waals surface area (Å²) in [5.74, 6) is 0. The number of nitrogens with one attached hydrogen (secondary N) is 1. The molecule has 122 valence electrons. The second-order valence-electron chi connectivity index (χ2n) is 5.43. The third kappa shape index (κ3) is 3.96.